The van der Waals surface area contributed by atoms with Crippen molar-refractivity contribution in [2.45, 2.75) is 38.5 Å². The molecule has 1 aromatic heterocycles. The first-order chi connectivity index (χ1) is 9.97. The number of aromatic nitrogens is 3. The van der Waals surface area contributed by atoms with E-state index in [2.05, 4.69) is 29.8 Å². The zero-order chi connectivity index (χ0) is 15.3. The van der Waals surface area contributed by atoms with Gasteiger partial charge in [0.05, 0.1) is 6.04 Å². The van der Waals surface area contributed by atoms with Crippen LogP contribution in [0.5, 0.6) is 0 Å². The summed E-state index contributed by atoms with van der Waals surface area (Å²) in [6.07, 6.45) is 1.67. The van der Waals surface area contributed by atoms with Gasteiger partial charge in [0, 0.05) is 14.7 Å². The Morgan fingerprint density at radius 2 is 1.95 bits per heavy atom. The van der Waals surface area contributed by atoms with Crippen LogP contribution in [0.15, 0.2) is 36.7 Å². The van der Waals surface area contributed by atoms with Crippen LogP contribution in [0.3, 0.4) is 0 Å². The van der Waals surface area contributed by atoms with Crippen molar-refractivity contribution >= 4 is 8.07 Å². The third-order valence-corrected chi connectivity index (χ3v) is 5.01. The van der Waals surface area contributed by atoms with Gasteiger partial charge in [0.25, 0.3) is 0 Å². The van der Waals surface area contributed by atoms with Crippen LogP contribution in [0.2, 0.25) is 25.7 Å². The fourth-order valence-electron chi connectivity index (χ4n) is 1.95. The first-order valence-electron chi connectivity index (χ1n) is 7.23. The van der Waals surface area contributed by atoms with E-state index in [1.807, 2.05) is 34.9 Å². The fraction of sp³-hybridized carbons (Fsp3) is 0.467. The Morgan fingerprint density at radius 1 is 1.24 bits per heavy atom. The topological polar surface area (TPSA) is 66.0 Å². The van der Waals surface area contributed by atoms with Gasteiger partial charge in [0.2, 0.25) is 0 Å². The standard InChI is InChI=1S/C15H24N4OSi/c1-21(2,3)10-9-20-12-19-11-17-18-15(19)14(16)13-7-5-4-6-8-13/h4-8,11,14H,9-10,12,16H2,1-3H3. The normalized spacial score (nSPS) is 13.3. The summed E-state index contributed by atoms with van der Waals surface area (Å²) in [5.41, 5.74) is 7.29. The molecule has 0 fully saturated rings. The van der Waals surface area contributed by atoms with Gasteiger partial charge < -0.3 is 10.5 Å². The Labute approximate surface area is 127 Å². The summed E-state index contributed by atoms with van der Waals surface area (Å²) < 4.78 is 7.62. The number of nitrogens with zero attached hydrogens (tertiary/aromatic N) is 3. The van der Waals surface area contributed by atoms with Crippen molar-refractivity contribution in [1.82, 2.24) is 14.8 Å². The largest absolute Gasteiger partial charge is 0.361 e. The van der Waals surface area contributed by atoms with Gasteiger partial charge in [-0.3, -0.25) is 4.57 Å². The van der Waals surface area contributed by atoms with E-state index in [4.69, 9.17) is 10.5 Å². The van der Waals surface area contributed by atoms with Crippen LogP contribution >= 0.6 is 0 Å². The van der Waals surface area contributed by atoms with E-state index in [-0.39, 0.29) is 6.04 Å². The van der Waals surface area contributed by atoms with Gasteiger partial charge in [0.15, 0.2) is 5.82 Å². The van der Waals surface area contributed by atoms with E-state index in [0.717, 1.165) is 24.0 Å². The summed E-state index contributed by atoms with van der Waals surface area (Å²) >= 11 is 0. The Kier molecular flexibility index (Phi) is 5.27. The monoisotopic (exact) mass is 304 g/mol. The molecule has 0 saturated carbocycles. The maximum atomic E-state index is 6.26. The molecule has 2 aromatic rings. The Bertz CT molecular complexity index is 550. The molecule has 0 aliphatic heterocycles. The molecule has 1 heterocycles. The molecule has 114 valence electrons. The number of hydrogen-bond acceptors (Lipinski definition) is 4. The smallest absolute Gasteiger partial charge is 0.156 e. The van der Waals surface area contributed by atoms with Crippen molar-refractivity contribution < 1.29 is 4.74 Å². The lowest BCUT2D eigenvalue weighted by atomic mass is 10.1. The van der Waals surface area contributed by atoms with Crippen molar-refractivity contribution in [2.24, 2.45) is 5.73 Å². The molecule has 0 bridgehead atoms. The molecular formula is C15H24N4OSi. The molecule has 1 aromatic carbocycles. The highest BCUT2D eigenvalue weighted by atomic mass is 28.3. The summed E-state index contributed by atoms with van der Waals surface area (Å²) in [5.74, 6) is 0.731. The summed E-state index contributed by atoms with van der Waals surface area (Å²) in [4.78, 5) is 0. The molecule has 0 amide bonds. The summed E-state index contributed by atoms with van der Waals surface area (Å²) in [7, 11) is -1.06. The van der Waals surface area contributed by atoms with E-state index in [1.54, 1.807) is 6.33 Å². The maximum absolute atomic E-state index is 6.26. The highest BCUT2D eigenvalue weighted by Gasteiger charge is 2.16. The second-order valence-corrected chi connectivity index (χ2v) is 12.0. The average Bonchev–Trinajstić information content (AvgIpc) is 2.91. The van der Waals surface area contributed by atoms with Crippen LogP contribution in [0.1, 0.15) is 17.4 Å². The van der Waals surface area contributed by atoms with Crippen LogP contribution in [-0.4, -0.2) is 29.4 Å². The molecular weight excluding hydrogens is 280 g/mol. The van der Waals surface area contributed by atoms with Crippen LogP contribution in [-0.2, 0) is 11.5 Å². The average molecular weight is 304 g/mol. The minimum absolute atomic E-state index is 0.283. The summed E-state index contributed by atoms with van der Waals surface area (Å²) in [5, 5.41) is 8.09. The minimum Gasteiger partial charge on any atom is -0.361 e. The molecule has 2 rings (SSSR count). The lowest BCUT2D eigenvalue weighted by Crippen LogP contribution is -2.23. The fourth-order valence-corrected chi connectivity index (χ4v) is 2.71. The minimum atomic E-state index is -1.06. The number of ether oxygens (including phenoxy) is 1. The van der Waals surface area contributed by atoms with Gasteiger partial charge in [0.1, 0.15) is 13.1 Å². The molecule has 2 N–H and O–H groups in total. The van der Waals surface area contributed by atoms with Gasteiger partial charge in [-0.2, -0.15) is 0 Å². The van der Waals surface area contributed by atoms with E-state index < -0.39 is 8.07 Å². The number of hydrogen-bond donors (Lipinski definition) is 1. The molecule has 0 saturated heterocycles. The summed E-state index contributed by atoms with van der Waals surface area (Å²) in [6, 6.07) is 10.8. The second kappa shape index (κ2) is 6.97. The van der Waals surface area contributed by atoms with Gasteiger partial charge >= 0.3 is 0 Å². The maximum Gasteiger partial charge on any atom is 0.156 e. The molecule has 0 aliphatic carbocycles. The molecule has 1 unspecified atom stereocenters. The van der Waals surface area contributed by atoms with Gasteiger partial charge in [-0.1, -0.05) is 50.0 Å². The van der Waals surface area contributed by atoms with Gasteiger partial charge in [-0.05, 0) is 11.6 Å². The van der Waals surface area contributed by atoms with Gasteiger partial charge in [-0.25, -0.2) is 0 Å². The molecule has 0 aliphatic rings. The Morgan fingerprint density at radius 3 is 2.62 bits per heavy atom. The van der Waals surface area contributed by atoms with E-state index >= 15 is 0 Å². The lowest BCUT2D eigenvalue weighted by Gasteiger charge is -2.17. The van der Waals surface area contributed by atoms with E-state index in [0.29, 0.717) is 6.73 Å². The molecule has 0 radical (unpaired) electrons. The first-order valence-corrected chi connectivity index (χ1v) is 10.9. The predicted molar refractivity (Wildman–Crippen MR) is 86.6 cm³/mol. The third-order valence-electron chi connectivity index (χ3n) is 3.31. The van der Waals surface area contributed by atoms with Crippen LogP contribution in [0.4, 0.5) is 0 Å². The van der Waals surface area contributed by atoms with E-state index in [1.165, 1.54) is 0 Å². The van der Waals surface area contributed by atoms with Crippen LogP contribution in [0, 0.1) is 0 Å². The van der Waals surface area contributed by atoms with Crippen molar-refractivity contribution in [3.8, 4) is 0 Å². The number of nitrogens with two attached hydrogens (primary N) is 1. The van der Waals surface area contributed by atoms with Crippen LogP contribution < -0.4 is 5.73 Å². The van der Waals surface area contributed by atoms with Crippen molar-refractivity contribution in [3.63, 3.8) is 0 Å². The van der Waals surface area contributed by atoms with E-state index in [9.17, 15) is 0 Å². The van der Waals surface area contributed by atoms with Gasteiger partial charge in [-0.15, -0.1) is 10.2 Å². The predicted octanol–water partition coefficient (Wildman–Crippen LogP) is 2.64. The van der Waals surface area contributed by atoms with Crippen molar-refractivity contribution in [1.29, 1.82) is 0 Å². The first kappa shape index (κ1) is 15.9. The molecule has 21 heavy (non-hydrogen) atoms. The third kappa shape index (κ3) is 4.77. The lowest BCUT2D eigenvalue weighted by molar-refractivity contribution is 0.0845. The number of benzene rings is 1. The van der Waals surface area contributed by atoms with Crippen molar-refractivity contribution in [3.05, 3.63) is 48.0 Å². The quantitative estimate of drug-likeness (QED) is 0.631. The Balaban J connectivity index is 1.96. The molecule has 0 spiro atoms. The molecule has 1 atom stereocenters. The zero-order valence-electron chi connectivity index (χ0n) is 13.0. The summed E-state index contributed by atoms with van der Waals surface area (Å²) in [6.45, 7) is 8.24. The molecule has 5 nitrogen and oxygen atoms in total. The molecule has 6 heteroatoms. The Hall–Kier alpha value is -1.50. The second-order valence-electron chi connectivity index (χ2n) is 6.40. The highest BCUT2D eigenvalue weighted by molar-refractivity contribution is 6.76. The van der Waals surface area contributed by atoms with Crippen molar-refractivity contribution in [2.75, 3.05) is 6.61 Å². The number of rotatable bonds is 7. The highest BCUT2D eigenvalue weighted by Crippen LogP contribution is 2.17. The zero-order valence-corrected chi connectivity index (χ0v) is 14.0. The van der Waals surface area contributed by atoms with Crippen LogP contribution in [0.25, 0.3) is 0 Å². The SMILES string of the molecule is C[Si](C)(C)CCOCn1cnnc1C(N)c1ccccc1.